The van der Waals surface area contributed by atoms with Crippen LogP contribution in [-0.2, 0) is 6.54 Å². The van der Waals surface area contributed by atoms with Crippen molar-refractivity contribution in [1.29, 1.82) is 0 Å². The van der Waals surface area contributed by atoms with Gasteiger partial charge in [-0.05, 0) is 17.7 Å². The summed E-state index contributed by atoms with van der Waals surface area (Å²) >= 11 is 0. The third-order valence-corrected chi connectivity index (χ3v) is 1.85. The molecule has 1 aromatic heterocycles. The molecule has 0 saturated heterocycles. The molecule has 0 N–H and O–H groups in total. The number of nitrogens with zero attached hydrogens (tertiary/aromatic N) is 3. The SMILES string of the molecule is Fc1ccc([CH]Cn2cncn2)cc1. The maximum absolute atomic E-state index is 12.6. The van der Waals surface area contributed by atoms with Gasteiger partial charge in [0.15, 0.2) is 0 Å². The Morgan fingerprint density at radius 3 is 2.71 bits per heavy atom. The van der Waals surface area contributed by atoms with E-state index in [0.29, 0.717) is 6.54 Å². The molecule has 14 heavy (non-hydrogen) atoms. The molecule has 1 radical (unpaired) electrons. The molecule has 0 atom stereocenters. The average Bonchev–Trinajstić information content (AvgIpc) is 2.70. The lowest BCUT2D eigenvalue weighted by atomic mass is 10.1. The molecule has 2 rings (SSSR count). The molecule has 0 aliphatic rings. The summed E-state index contributed by atoms with van der Waals surface area (Å²) in [5.41, 5.74) is 0.974. The first-order valence-corrected chi connectivity index (χ1v) is 4.26. The molecule has 0 fully saturated rings. The zero-order chi connectivity index (χ0) is 9.80. The largest absolute Gasteiger partial charge is 0.252 e. The van der Waals surface area contributed by atoms with Crippen molar-refractivity contribution < 1.29 is 4.39 Å². The number of rotatable bonds is 3. The van der Waals surface area contributed by atoms with Gasteiger partial charge in [0.1, 0.15) is 18.5 Å². The first-order valence-electron chi connectivity index (χ1n) is 4.26. The standard InChI is InChI=1S/C10H9FN3/c11-10-3-1-9(2-4-10)5-6-14-8-12-7-13-14/h1-5,7-8H,6H2. The lowest BCUT2D eigenvalue weighted by molar-refractivity contribution is 0.627. The fourth-order valence-corrected chi connectivity index (χ4v) is 1.12. The highest BCUT2D eigenvalue weighted by Gasteiger charge is 1.95. The molecule has 3 nitrogen and oxygen atoms in total. The third-order valence-electron chi connectivity index (χ3n) is 1.85. The van der Waals surface area contributed by atoms with Crippen molar-refractivity contribution in [3.63, 3.8) is 0 Å². The Kier molecular flexibility index (Phi) is 2.53. The van der Waals surface area contributed by atoms with Crippen molar-refractivity contribution in [2.75, 3.05) is 0 Å². The molecular weight excluding hydrogens is 181 g/mol. The minimum Gasteiger partial charge on any atom is -0.252 e. The van der Waals surface area contributed by atoms with E-state index in [4.69, 9.17) is 0 Å². The van der Waals surface area contributed by atoms with Crippen LogP contribution in [-0.4, -0.2) is 14.8 Å². The zero-order valence-electron chi connectivity index (χ0n) is 7.47. The molecule has 1 heterocycles. The van der Waals surface area contributed by atoms with Gasteiger partial charge in [0.25, 0.3) is 0 Å². The van der Waals surface area contributed by atoms with Crippen LogP contribution in [0.3, 0.4) is 0 Å². The fourth-order valence-electron chi connectivity index (χ4n) is 1.12. The van der Waals surface area contributed by atoms with Crippen molar-refractivity contribution in [3.8, 4) is 0 Å². The Morgan fingerprint density at radius 1 is 1.29 bits per heavy atom. The molecule has 0 bridgehead atoms. The third kappa shape index (κ3) is 2.16. The van der Waals surface area contributed by atoms with Crippen molar-refractivity contribution in [2.45, 2.75) is 6.54 Å². The summed E-state index contributed by atoms with van der Waals surface area (Å²) in [6, 6.07) is 6.33. The quantitative estimate of drug-likeness (QED) is 0.737. The predicted octanol–water partition coefficient (Wildman–Crippen LogP) is 1.67. The molecule has 0 amide bonds. The van der Waals surface area contributed by atoms with E-state index in [1.165, 1.54) is 18.5 Å². The van der Waals surface area contributed by atoms with E-state index < -0.39 is 0 Å². The van der Waals surface area contributed by atoms with Crippen LogP contribution < -0.4 is 0 Å². The van der Waals surface area contributed by atoms with E-state index in [1.807, 2.05) is 6.42 Å². The Bertz CT molecular complexity index is 380. The highest BCUT2D eigenvalue weighted by molar-refractivity contribution is 5.22. The average molecular weight is 190 g/mol. The summed E-state index contributed by atoms with van der Waals surface area (Å²) in [6.07, 6.45) is 5.08. The van der Waals surface area contributed by atoms with Gasteiger partial charge in [0.2, 0.25) is 0 Å². The maximum atomic E-state index is 12.6. The molecule has 0 spiro atoms. The number of benzene rings is 1. The Labute approximate surface area is 81.2 Å². The number of aromatic nitrogens is 3. The van der Waals surface area contributed by atoms with E-state index in [2.05, 4.69) is 10.1 Å². The highest BCUT2D eigenvalue weighted by Crippen LogP contribution is 2.05. The van der Waals surface area contributed by atoms with Crippen LogP contribution in [0, 0.1) is 12.2 Å². The van der Waals surface area contributed by atoms with Gasteiger partial charge in [0.05, 0.1) is 6.54 Å². The monoisotopic (exact) mass is 190 g/mol. The summed E-state index contributed by atoms with van der Waals surface area (Å²) in [5.74, 6) is -0.220. The van der Waals surface area contributed by atoms with Gasteiger partial charge in [0, 0.05) is 6.42 Å². The van der Waals surface area contributed by atoms with Crippen LogP contribution in [0.2, 0.25) is 0 Å². The molecule has 0 saturated carbocycles. The highest BCUT2D eigenvalue weighted by atomic mass is 19.1. The molecule has 2 aromatic rings. The smallest absolute Gasteiger partial charge is 0.137 e. The topological polar surface area (TPSA) is 30.7 Å². The number of halogens is 1. The normalized spacial score (nSPS) is 10.4. The van der Waals surface area contributed by atoms with Gasteiger partial charge in [-0.15, -0.1) is 0 Å². The first-order chi connectivity index (χ1) is 6.84. The first kappa shape index (κ1) is 8.87. The van der Waals surface area contributed by atoms with Gasteiger partial charge >= 0.3 is 0 Å². The molecule has 0 unspecified atom stereocenters. The Morgan fingerprint density at radius 2 is 2.07 bits per heavy atom. The second-order valence-electron chi connectivity index (χ2n) is 2.87. The lowest BCUT2D eigenvalue weighted by Gasteiger charge is -2.00. The van der Waals surface area contributed by atoms with E-state index in [0.717, 1.165) is 5.56 Å². The minimum absolute atomic E-state index is 0.220. The Balaban J connectivity index is 1.95. The van der Waals surface area contributed by atoms with Crippen LogP contribution in [0.5, 0.6) is 0 Å². The molecule has 0 aliphatic heterocycles. The summed E-state index contributed by atoms with van der Waals surface area (Å²) in [6.45, 7) is 0.644. The van der Waals surface area contributed by atoms with Crippen molar-refractivity contribution in [2.24, 2.45) is 0 Å². The van der Waals surface area contributed by atoms with E-state index in [9.17, 15) is 4.39 Å². The van der Waals surface area contributed by atoms with Crippen LogP contribution in [0.4, 0.5) is 4.39 Å². The van der Waals surface area contributed by atoms with Gasteiger partial charge in [-0.25, -0.2) is 9.37 Å². The minimum atomic E-state index is -0.220. The van der Waals surface area contributed by atoms with Crippen LogP contribution >= 0.6 is 0 Å². The summed E-state index contributed by atoms with van der Waals surface area (Å²) in [5, 5.41) is 3.95. The number of hydrogen-bond donors (Lipinski definition) is 0. The molecule has 1 aromatic carbocycles. The summed E-state index contributed by atoms with van der Waals surface area (Å²) in [4.78, 5) is 3.82. The van der Waals surface area contributed by atoms with E-state index >= 15 is 0 Å². The van der Waals surface area contributed by atoms with Gasteiger partial charge in [-0.3, -0.25) is 4.68 Å². The van der Waals surface area contributed by atoms with Gasteiger partial charge in [-0.2, -0.15) is 5.10 Å². The van der Waals surface area contributed by atoms with Gasteiger partial charge in [-0.1, -0.05) is 12.1 Å². The molecular formula is C10H9FN3. The van der Waals surface area contributed by atoms with E-state index in [-0.39, 0.29) is 5.82 Å². The second-order valence-corrected chi connectivity index (χ2v) is 2.87. The van der Waals surface area contributed by atoms with Gasteiger partial charge < -0.3 is 0 Å². The fraction of sp³-hybridized carbons (Fsp3) is 0.100. The van der Waals surface area contributed by atoms with Crippen molar-refractivity contribution in [1.82, 2.24) is 14.8 Å². The second kappa shape index (κ2) is 4.00. The van der Waals surface area contributed by atoms with Crippen molar-refractivity contribution >= 4 is 0 Å². The summed E-state index contributed by atoms with van der Waals surface area (Å²) in [7, 11) is 0. The zero-order valence-corrected chi connectivity index (χ0v) is 7.47. The van der Waals surface area contributed by atoms with Crippen LogP contribution in [0.25, 0.3) is 0 Å². The molecule has 4 heteroatoms. The molecule has 0 aliphatic carbocycles. The van der Waals surface area contributed by atoms with E-state index in [1.54, 1.807) is 23.1 Å². The summed E-state index contributed by atoms with van der Waals surface area (Å²) < 4.78 is 14.3. The van der Waals surface area contributed by atoms with Crippen molar-refractivity contribution in [3.05, 3.63) is 54.7 Å². The van der Waals surface area contributed by atoms with Crippen LogP contribution in [0.15, 0.2) is 36.9 Å². The maximum Gasteiger partial charge on any atom is 0.137 e. The Hall–Kier alpha value is -1.71. The molecule has 71 valence electrons. The lowest BCUT2D eigenvalue weighted by Crippen LogP contribution is -1.99. The van der Waals surface area contributed by atoms with Crippen LogP contribution in [0.1, 0.15) is 5.56 Å². The predicted molar refractivity (Wildman–Crippen MR) is 49.8 cm³/mol. The number of hydrogen-bond acceptors (Lipinski definition) is 2.